The standard InChI is InChI=1S/C15H24N4O4S/c1-13-10-14(17-12-16-13)2-3-15-11-19(6-9-23-15)24(20,21)18-4-7-22-8-5-18/h10,12,15H,2-9,11H2,1H3/t15-/m0/s1. The van der Waals surface area contributed by atoms with Crippen LogP contribution in [0.4, 0.5) is 0 Å². The van der Waals surface area contributed by atoms with Crippen LogP contribution in [-0.2, 0) is 26.1 Å². The lowest BCUT2D eigenvalue weighted by Gasteiger charge is -2.36. The maximum Gasteiger partial charge on any atom is 0.282 e. The summed E-state index contributed by atoms with van der Waals surface area (Å²) in [6.45, 7) is 4.91. The molecule has 2 saturated heterocycles. The third-order valence-electron chi connectivity index (χ3n) is 4.31. The van der Waals surface area contributed by atoms with Gasteiger partial charge in [0, 0.05) is 37.6 Å². The molecular weight excluding hydrogens is 332 g/mol. The number of ether oxygens (including phenoxy) is 2. The Bertz CT molecular complexity index is 649. The van der Waals surface area contributed by atoms with Crippen LogP contribution in [-0.4, -0.2) is 79.1 Å². The van der Waals surface area contributed by atoms with E-state index in [1.165, 1.54) is 8.61 Å². The number of hydrogen-bond acceptors (Lipinski definition) is 6. The van der Waals surface area contributed by atoms with Crippen LogP contribution in [0.2, 0.25) is 0 Å². The van der Waals surface area contributed by atoms with Crippen LogP contribution in [0, 0.1) is 6.92 Å². The molecule has 0 saturated carbocycles. The van der Waals surface area contributed by atoms with Crippen molar-refractivity contribution in [2.75, 3.05) is 46.0 Å². The van der Waals surface area contributed by atoms with Gasteiger partial charge in [0.15, 0.2) is 0 Å². The third kappa shape index (κ3) is 4.28. The number of rotatable bonds is 5. The van der Waals surface area contributed by atoms with Crippen molar-refractivity contribution < 1.29 is 17.9 Å². The van der Waals surface area contributed by atoms with Crippen LogP contribution in [0.25, 0.3) is 0 Å². The summed E-state index contributed by atoms with van der Waals surface area (Å²) in [5.74, 6) is 0. The molecule has 2 fully saturated rings. The first-order valence-electron chi connectivity index (χ1n) is 8.28. The zero-order valence-corrected chi connectivity index (χ0v) is 14.7. The first-order valence-corrected chi connectivity index (χ1v) is 9.67. The van der Waals surface area contributed by atoms with Crippen molar-refractivity contribution in [3.05, 3.63) is 23.8 Å². The maximum atomic E-state index is 12.7. The summed E-state index contributed by atoms with van der Waals surface area (Å²) < 4.78 is 39.5. The lowest BCUT2D eigenvalue weighted by Crippen LogP contribution is -2.53. The van der Waals surface area contributed by atoms with Crippen LogP contribution < -0.4 is 0 Å². The Kier molecular flexibility index (Phi) is 5.77. The second-order valence-electron chi connectivity index (χ2n) is 6.06. The molecule has 0 radical (unpaired) electrons. The number of morpholine rings is 2. The van der Waals surface area contributed by atoms with Crippen LogP contribution in [0.1, 0.15) is 17.8 Å². The molecule has 3 rings (SSSR count). The summed E-state index contributed by atoms with van der Waals surface area (Å²) in [6.07, 6.45) is 2.94. The summed E-state index contributed by atoms with van der Waals surface area (Å²) in [7, 11) is -3.43. The second kappa shape index (κ2) is 7.83. The van der Waals surface area contributed by atoms with E-state index in [1.54, 1.807) is 6.33 Å². The van der Waals surface area contributed by atoms with Gasteiger partial charge in [0.1, 0.15) is 6.33 Å². The van der Waals surface area contributed by atoms with Gasteiger partial charge in [0.2, 0.25) is 0 Å². The molecule has 9 heteroatoms. The Morgan fingerprint density at radius 1 is 1.17 bits per heavy atom. The van der Waals surface area contributed by atoms with E-state index in [4.69, 9.17) is 9.47 Å². The zero-order valence-electron chi connectivity index (χ0n) is 13.9. The summed E-state index contributed by atoms with van der Waals surface area (Å²) in [5, 5.41) is 0. The van der Waals surface area contributed by atoms with Gasteiger partial charge in [0.05, 0.1) is 25.9 Å². The molecule has 0 aromatic carbocycles. The topological polar surface area (TPSA) is 84.9 Å². The molecule has 2 aliphatic rings. The normalized spacial score (nSPS) is 24.1. The first kappa shape index (κ1) is 17.7. The number of nitrogens with zero attached hydrogens (tertiary/aromatic N) is 4. The van der Waals surface area contributed by atoms with Crippen LogP contribution in [0.15, 0.2) is 12.4 Å². The summed E-state index contributed by atoms with van der Waals surface area (Å²) in [5.41, 5.74) is 1.89. The molecule has 1 aromatic heterocycles. The molecule has 0 amide bonds. The van der Waals surface area contributed by atoms with E-state index >= 15 is 0 Å². The largest absolute Gasteiger partial charge is 0.379 e. The summed E-state index contributed by atoms with van der Waals surface area (Å²) >= 11 is 0. The van der Waals surface area contributed by atoms with Crippen molar-refractivity contribution in [2.24, 2.45) is 0 Å². The minimum Gasteiger partial charge on any atom is -0.379 e. The van der Waals surface area contributed by atoms with Crippen molar-refractivity contribution in [3.8, 4) is 0 Å². The second-order valence-corrected chi connectivity index (χ2v) is 7.99. The number of aromatic nitrogens is 2. The monoisotopic (exact) mass is 356 g/mol. The van der Waals surface area contributed by atoms with Gasteiger partial charge in [-0.05, 0) is 25.8 Å². The molecule has 0 N–H and O–H groups in total. The zero-order chi connectivity index (χ0) is 17.0. The third-order valence-corrected chi connectivity index (χ3v) is 6.31. The minimum atomic E-state index is -3.43. The highest BCUT2D eigenvalue weighted by molar-refractivity contribution is 7.86. The van der Waals surface area contributed by atoms with Gasteiger partial charge in [0.25, 0.3) is 10.2 Å². The molecule has 3 heterocycles. The van der Waals surface area contributed by atoms with Crippen molar-refractivity contribution >= 4 is 10.2 Å². The fourth-order valence-corrected chi connectivity index (χ4v) is 4.57. The lowest BCUT2D eigenvalue weighted by atomic mass is 10.1. The van der Waals surface area contributed by atoms with Crippen molar-refractivity contribution in [2.45, 2.75) is 25.9 Å². The van der Waals surface area contributed by atoms with E-state index in [9.17, 15) is 8.42 Å². The predicted octanol–water partition coefficient (Wildman–Crippen LogP) is -0.00458. The average molecular weight is 356 g/mol. The highest BCUT2D eigenvalue weighted by Gasteiger charge is 2.34. The molecule has 0 bridgehead atoms. The molecule has 2 aliphatic heterocycles. The molecule has 0 aliphatic carbocycles. The van der Waals surface area contributed by atoms with Crippen LogP contribution in [0.5, 0.6) is 0 Å². The molecule has 0 unspecified atom stereocenters. The molecule has 24 heavy (non-hydrogen) atoms. The quantitative estimate of drug-likeness (QED) is 0.738. The summed E-state index contributed by atoms with van der Waals surface area (Å²) in [6, 6.07) is 1.95. The summed E-state index contributed by atoms with van der Waals surface area (Å²) in [4.78, 5) is 8.33. The Hall–Kier alpha value is -1.13. The molecule has 8 nitrogen and oxygen atoms in total. The highest BCUT2D eigenvalue weighted by atomic mass is 32.2. The lowest BCUT2D eigenvalue weighted by molar-refractivity contribution is -0.00878. The van der Waals surface area contributed by atoms with E-state index in [0.29, 0.717) is 46.0 Å². The Labute approximate surface area is 143 Å². The molecule has 134 valence electrons. The fourth-order valence-electron chi connectivity index (χ4n) is 2.97. The number of aryl methyl sites for hydroxylation is 2. The Morgan fingerprint density at radius 3 is 2.67 bits per heavy atom. The van der Waals surface area contributed by atoms with Crippen molar-refractivity contribution in [1.82, 2.24) is 18.6 Å². The number of hydrogen-bond donors (Lipinski definition) is 0. The molecule has 1 atom stereocenters. The molecule has 0 spiro atoms. The molecule has 1 aromatic rings. The molecular formula is C15H24N4O4S. The minimum absolute atomic E-state index is 0.107. The van der Waals surface area contributed by atoms with E-state index in [1.807, 2.05) is 13.0 Å². The predicted molar refractivity (Wildman–Crippen MR) is 87.7 cm³/mol. The van der Waals surface area contributed by atoms with E-state index in [0.717, 1.165) is 24.2 Å². The van der Waals surface area contributed by atoms with Gasteiger partial charge < -0.3 is 9.47 Å². The Balaban J connectivity index is 1.57. The fraction of sp³-hybridized carbons (Fsp3) is 0.733. The van der Waals surface area contributed by atoms with Gasteiger partial charge >= 0.3 is 0 Å². The van der Waals surface area contributed by atoms with Gasteiger partial charge in [-0.3, -0.25) is 0 Å². The van der Waals surface area contributed by atoms with E-state index in [-0.39, 0.29) is 6.10 Å². The van der Waals surface area contributed by atoms with E-state index in [2.05, 4.69) is 9.97 Å². The van der Waals surface area contributed by atoms with Gasteiger partial charge in [-0.1, -0.05) is 0 Å². The maximum absolute atomic E-state index is 12.7. The SMILES string of the molecule is Cc1cc(CC[C@H]2CN(S(=O)(=O)N3CCOCC3)CCO2)ncn1. The van der Waals surface area contributed by atoms with Gasteiger partial charge in [-0.25, -0.2) is 9.97 Å². The van der Waals surface area contributed by atoms with Gasteiger partial charge in [-0.15, -0.1) is 0 Å². The average Bonchev–Trinajstić information content (AvgIpc) is 2.61. The van der Waals surface area contributed by atoms with Crippen LogP contribution in [0.3, 0.4) is 0 Å². The smallest absolute Gasteiger partial charge is 0.282 e. The first-order chi connectivity index (χ1) is 11.6. The Morgan fingerprint density at radius 2 is 1.92 bits per heavy atom. The van der Waals surface area contributed by atoms with E-state index < -0.39 is 10.2 Å². The van der Waals surface area contributed by atoms with Gasteiger partial charge in [-0.2, -0.15) is 17.0 Å². The van der Waals surface area contributed by atoms with Crippen LogP contribution >= 0.6 is 0 Å². The van der Waals surface area contributed by atoms with Crippen molar-refractivity contribution in [1.29, 1.82) is 0 Å². The highest BCUT2D eigenvalue weighted by Crippen LogP contribution is 2.18. The van der Waals surface area contributed by atoms with Crippen molar-refractivity contribution in [3.63, 3.8) is 0 Å².